The van der Waals surface area contributed by atoms with Crippen LogP contribution in [0.1, 0.15) is 15.9 Å². The average Bonchev–Trinajstić information content (AvgIpc) is 2.19. The van der Waals surface area contributed by atoms with Crippen LogP contribution in [0.2, 0.25) is 0 Å². The number of nitro groups is 1. The van der Waals surface area contributed by atoms with Crippen molar-refractivity contribution < 1.29 is 9.72 Å². The largest absolute Gasteiger partial charge is 0.345 e. The Morgan fingerprint density at radius 3 is 2.44 bits per heavy atom. The van der Waals surface area contributed by atoms with E-state index >= 15 is 0 Å². The van der Waals surface area contributed by atoms with E-state index in [1.807, 2.05) is 0 Å². The minimum atomic E-state index is -0.494. The molecule has 16 heavy (non-hydrogen) atoms. The molecule has 6 heteroatoms. The molecular weight excluding hydrogens is 276 g/mol. The number of halogens is 1. The maximum absolute atomic E-state index is 11.8. The zero-order valence-electron chi connectivity index (χ0n) is 9.15. The fraction of sp³-hybridized carbons (Fsp3) is 0.300. The number of benzene rings is 1. The highest BCUT2D eigenvalue weighted by Gasteiger charge is 2.20. The predicted molar refractivity (Wildman–Crippen MR) is 63.6 cm³/mol. The Labute approximate surface area is 101 Å². The van der Waals surface area contributed by atoms with Crippen molar-refractivity contribution in [2.24, 2.45) is 0 Å². The zero-order valence-corrected chi connectivity index (χ0v) is 10.7. The summed E-state index contributed by atoms with van der Waals surface area (Å²) < 4.78 is 0.523. The van der Waals surface area contributed by atoms with Gasteiger partial charge in [-0.2, -0.15) is 0 Å². The van der Waals surface area contributed by atoms with Crippen molar-refractivity contribution in [3.05, 3.63) is 37.8 Å². The zero-order chi connectivity index (χ0) is 12.5. The maximum Gasteiger partial charge on any atom is 0.274 e. The van der Waals surface area contributed by atoms with Gasteiger partial charge >= 0.3 is 0 Å². The number of nitro benzene ring substituents is 1. The minimum Gasteiger partial charge on any atom is -0.345 e. The van der Waals surface area contributed by atoms with Crippen molar-refractivity contribution in [3.63, 3.8) is 0 Å². The molecule has 0 aliphatic heterocycles. The summed E-state index contributed by atoms with van der Waals surface area (Å²) in [5.41, 5.74) is 0.664. The molecule has 0 aliphatic rings. The molecule has 1 aromatic carbocycles. The molecule has 0 aliphatic carbocycles. The lowest BCUT2D eigenvalue weighted by atomic mass is 10.1. The fourth-order valence-corrected chi connectivity index (χ4v) is 1.76. The van der Waals surface area contributed by atoms with E-state index in [4.69, 9.17) is 0 Å². The number of nitrogens with zero attached hydrogens (tertiary/aromatic N) is 2. The van der Waals surface area contributed by atoms with Gasteiger partial charge in [0.05, 0.1) is 10.5 Å². The smallest absolute Gasteiger partial charge is 0.274 e. The Balaban J connectivity index is 3.41. The molecule has 0 unspecified atom stereocenters. The molecule has 0 saturated carbocycles. The van der Waals surface area contributed by atoms with Crippen LogP contribution in [0.4, 0.5) is 5.69 Å². The summed E-state index contributed by atoms with van der Waals surface area (Å²) in [7, 11) is 3.21. The van der Waals surface area contributed by atoms with Crippen molar-refractivity contribution in [3.8, 4) is 0 Å². The van der Waals surface area contributed by atoms with Gasteiger partial charge in [0.15, 0.2) is 0 Å². The van der Waals surface area contributed by atoms with E-state index in [0.29, 0.717) is 15.6 Å². The quantitative estimate of drug-likeness (QED) is 0.619. The third-order valence-electron chi connectivity index (χ3n) is 2.18. The summed E-state index contributed by atoms with van der Waals surface area (Å²) in [6, 6.07) is 2.98. The summed E-state index contributed by atoms with van der Waals surface area (Å²) in [4.78, 5) is 23.4. The van der Waals surface area contributed by atoms with Crippen molar-refractivity contribution in [2.75, 3.05) is 14.1 Å². The molecule has 1 aromatic rings. The second-order valence-electron chi connectivity index (χ2n) is 3.55. The number of carbonyl (C=O) groups is 1. The third kappa shape index (κ3) is 2.38. The molecule has 0 atom stereocenters. The first kappa shape index (κ1) is 12.6. The van der Waals surface area contributed by atoms with Gasteiger partial charge in [0.25, 0.3) is 11.6 Å². The molecule has 1 amide bonds. The summed E-state index contributed by atoms with van der Waals surface area (Å²) in [5.74, 6) is -0.248. The van der Waals surface area contributed by atoms with Gasteiger partial charge in [-0.1, -0.05) is 15.9 Å². The van der Waals surface area contributed by atoms with Gasteiger partial charge in [-0.25, -0.2) is 0 Å². The highest BCUT2D eigenvalue weighted by molar-refractivity contribution is 9.10. The van der Waals surface area contributed by atoms with Crippen molar-refractivity contribution in [1.29, 1.82) is 0 Å². The van der Waals surface area contributed by atoms with Crippen molar-refractivity contribution >= 4 is 27.5 Å². The molecule has 1 rings (SSSR count). The summed E-state index contributed by atoms with van der Waals surface area (Å²) >= 11 is 3.16. The fourth-order valence-electron chi connectivity index (χ4n) is 1.32. The summed E-state index contributed by atoms with van der Waals surface area (Å²) in [6.45, 7) is 1.57. The molecule has 86 valence electrons. The Morgan fingerprint density at radius 1 is 1.44 bits per heavy atom. The SMILES string of the molecule is Cc1c(C(=O)N(C)C)cc(Br)cc1[N+](=O)[O-]. The van der Waals surface area contributed by atoms with E-state index in [9.17, 15) is 14.9 Å². The molecule has 0 saturated heterocycles. The van der Waals surface area contributed by atoms with Crippen LogP contribution < -0.4 is 0 Å². The van der Waals surface area contributed by atoms with Gasteiger partial charge in [0, 0.05) is 30.2 Å². The normalized spacial score (nSPS) is 10.0. The van der Waals surface area contributed by atoms with Crippen LogP contribution in [-0.2, 0) is 0 Å². The lowest BCUT2D eigenvalue weighted by Crippen LogP contribution is -2.22. The molecule has 0 N–H and O–H groups in total. The molecular formula is C10H11BrN2O3. The van der Waals surface area contributed by atoms with Crippen LogP contribution in [0.25, 0.3) is 0 Å². The minimum absolute atomic E-state index is 0.0559. The maximum atomic E-state index is 11.8. The number of hydrogen-bond acceptors (Lipinski definition) is 3. The second kappa shape index (κ2) is 4.61. The van der Waals surface area contributed by atoms with Crippen LogP contribution in [-0.4, -0.2) is 29.8 Å². The lowest BCUT2D eigenvalue weighted by Gasteiger charge is -2.12. The molecule has 0 radical (unpaired) electrons. The average molecular weight is 287 g/mol. The van der Waals surface area contributed by atoms with Gasteiger partial charge in [-0.05, 0) is 13.0 Å². The van der Waals surface area contributed by atoms with Gasteiger partial charge in [0.2, 0.25) is 0 Å². The van der Waals surface area contributed by atoms with Crippen LogP contribution in [0, 0.1) is 17.0 Å². The molecule has 0 bridgehead atoms. The van der Waals surface area contributed by atoms with E-state index in [1.54, 1.807) is 27.1 Å². The highest BCUT2D eigenvalue weighted by Crippen LogP contribution is 2.27. The number of rotatable bonds is 2. The first-order valence-corrected chi connectivity index (χ1v) is 5.30. The van der Waals surface area contributed by atoms with E-state index in [0.717, 1.165) is 0 Å². The van der Waals surface area contributed by atoms with Crippen molar-refractivity contribution in [2.45, 2.75) is 6.92 Å². The third-order valence-corrected chi connectivity index (χ3v) is 2.64. The summed E-state index contributed by atoms with van der Waals surface area (Å²) in [5, 5.41) is 10.8. The molecule has 0 aromatic heterocycles. The number of carbonyl (C=O) groups excluding carboxylic acids is 1. The van der Waals surface area contributed by atoms with E-state index in [1.165, 1.54) is 11.0 Å². The van der Waals surface area contributed by atoms with Crippen LogP contribution in [0.5, 0.6) is 0 Å². The van der Waals surface area contributed by atoms with E-state index in [-0.39, 0.29) is 11.6 Å². The first-order valence-electron chi connectivity index (χ1n) is 4.50. The Hall–Kier alpha value is -1.43. The lowest BCUT2D eigenvalue weighted by molar-refractivity contribution is -0.385. The van der Waals surface area contributed by atoms with Crippen LogP contribution in [0.15, 0.2) is 16.6 Å². The first-order chi connectivity index (χ1) is 7.34. The van der Waals surface area contributed by atoms with Gasteiger partial charge in [0.1, 0.15) is 0 Å². The molecule has 0 fully saturated rings. The Kier molecular flexibility index (Phi) is 3.64. The molecule has 0 heterocycles. The van der Waals surface area contributed by atoms with E-state index in [2.05, 4.69) is 15.9 Å². The standard InChI is InChI=1S/C10H11BrN2O3/c1-6-8(10(14)12(2)3)4-7(11)5-9(6)13(15)16/h4-5H,1-3H3. The number of amides is 1. The topological polar surface area (TPSA) is 63.5 Å². The van der Waals surface area contributed by atoms with Crippen LogP contribution in [0.3, 0.4) is 0 Å². The summed E-state index contributed by atoms with van der Waals surface area (Å²) in [6.07, 6.45) is 0. The predicted octanol–water partition coefficient (Wildman–Crippen LogP) is 2.37. The Morgan fingerprint density at radius 2 is 2.00 bits per heavy atom. The Bertz CT molecular complexity index is 458. The van der Waals surface area contributed by atoms with Gasteiger partial charge < -0.3 is 4.90 Å². The van der Waals surface area contributed by atoms with Crippen LogP contribution >= 0.6 is 15.9 Å². The van der Waals surface area contributed by atoms with E-state index < -0.39 is 4.92 Å². The monoisotopic (exact) mass is 286 g/mol. The van der Waals surface area contributed by atoms with Crippen molar-refractivity contribution in [1.82, 2.24) is 4.90 Å². The molecule has 0 spiro atoms. The number of hydrogen-bond donors (Lipinski definition) is 0. The van der Waals surface area contributed by atoms with Gasteiger partial charge in [-0.3, -0.25) is 14.9 Å². The van der Waals surface area contributed by atoms with Gasteiger partial charge in [-0.15, -0.1) is 0 Å². The second-order valence-corrected chi connectivity index (χ2v) is 4.47. The highest BCUT2D eigenvalue weighted by atomic mass is 79.9. The molecule has 5 nitrogen and oxygen atoms in total.